The van der Waals surface area contributed by atoms with E-state index in [0.717, 1.165) is 5.75 Å². The monoisotopic (exact) mass is 428 g/mol. The average Bonchev–Trinajstić information content (AvgIpc) is 2.70. The number of benzene rings is 3. The van der Waals surface area contributed by atoms with E-state index in [2.05, 4.69) is 125 Å². The summed E-state index contributed by atoms with van der Waals surface area (Å²) in [7, 11) is 0. The molecule has 0 aliphatic heterocycles. The summed E-state index contributed by atoms with van der Waals surface area (Å²) < 4.78 is 0. The van der Waals surface area contributed by atoms with Gasteiger partial charge in [-0.2, -0.15) is 0 Å². The topological polar surface area (TPSA) is 0 Å². The zero-order valence-electron chi connectivity index (χ0n) is 14.3. The van der Waals surface area contributed by atoms with Gasteiger partial charge in [0.1, 0.15) is 0 Å². The van der Waals surface area contributed by atoms with Crippen LogP contribution in [0.5, 0.6) is 0 Å². The molecule has 0 fully saturated rings. The quantitative estimate of drug-likeness (QED) is 0.430. The van der Waals surface area contributed by atoms with Crippen LogP contribution in [0.1, 0.15) is 6.92 Å². The second-order valence-electron chi connectivity index (χ2n) is 5.82. The second-order valence-corrected chi connectivity index (χ2v) is 15.4. The third-order valence-corrected chi connectivity index (χ3v) is 14.3. The maximum absolute atomic E-state index is 4.38. The van der Waals surface area contributed by atoms with Crippen molar-refractivity contribution in [1.29, 1.82) is 0 Å². The van der Waals surface area contributed by atoms with Gasteiger partial charge < -0.3 is 0 Å². The molecule has 0 saturated heterocycles. The first-order valence-corrected chi connectivity index (χ1v) is 13.8. The Labute approximate surface area is 163 Å². The van der Waals surface area contributed by atoms with Crippen LogP contribution in [0.25, 0.3) is 0 Å². The molecule has 0 aliphatic rings. The van der Waals surface area contributed by atoms with Gasteiger partial charge >= 0.3 is 163 Å². The fourth-order valence-corrected chi connectivity index (χ4v) is 11.2. The van der Waals surface area contributed by atoms with Gasteiger partial charge in [-0.05, 0) is 0 Å². The summed E-state index contributed by atoms with van der Waals surface area (Å²) in [6.45, 7) is 2.19. The molecular formula is C22H22BrPS. The third kappa shape index (κ3) is 3.36. The van der Waals surface area contributed by atoms with Gasteiger partial charge in [-0.3, -0.25) is 0 Å². The molecule has 0 unspecified atom stereocenters. The van der Waals surface area contributed by atoms with Crippen molar-refractivity contribution in [3.05, 3.63) is 102 Å². The molecular weight excluding hydrogens is 407 g/mol. The Kier molecular flexibility index (Phi) is 5.84. The number of thioether (sulfide) groups is 1. The molecule has 0 spiro atoms. The van der Waals surface area contributed by atoms with E-state index in [1.807, 2.05) is 11.8 Å². The van der Waals surface area contributed by atoms with Crippen LogP contribution >= 0.6 is 32.6 Å². The van der Waals surface area contributed by atoms with Crippen LogP contribution in [-0.2, 0) is 0 Å². The SMILES string of the molecule is CCS/C=C/P(Br)(c1ccccc1)(c1ccccc1)c1ccccc1. The standard InChI is InChI=1S/C22H22BrPS/c1-2-25-19-18-24(23,20-12-6-3-7-13-20,21-14-8-4-9-15-21)22-16-10-5-11-17-22/h3-19H,2H2,1H3/b19-18+. The zero-order valence-corrected chi connectivity index (χ0v) is 17.6. The van der Waals surface area contributed by atoms with E-state index in [0.29, 0.717) is 0 Å². The van der Waals surface area contributed by atoms with E-state index in [1.165, 1.54) is 15.9 Å². The Bertz CT molecular complexity index is 732. The van der Waals surface area contributed by atoms with E-state index < -0.39 is 5.31 Å². The first-order chi connectivity index (χ1) is 12.2. The molecule has 3 heteroatoms. The van der Waals surface area contributed by atoms with Crippen molar-refractivity contribution < 1.29 is 0 Å². The molecule has 0 amide bonds. The minimum atomic E-state index is -2.86. The van der Waals surface area contributed by atoms with Crippen molar-refractivity contribution in [2.45, 2.75) is 6.92 Å². The zero-order chi connectivity index (χ0) is 17.6. The Morgan fingerprint density at radius 3 is 1.40 bits per heavy atom. The van der Waals surface area contributed by atoms with Crippen LogP contribution in [0.2, 0.25) is 0 Å². The summed E-state index contributed by atoms with van der Waals surface area (Å²) in [5, 5.41) is 3.36. The van der Waals surface area contributed by atoms with Crippen molar-refractivity contribution in [2.75, 3.05) is 5.75 Å². The van der Waals surface area contributed by atoms with Gasteiger partial charge in [-0.1, -0.05) is 0 Å². The van der Waals surface area contributed by atoms with Gasteiger partial charge in [-0.15, -0.1) is 0 Å². The predicted molar refractivity (Wildman–Crippen MR) is 121 cm³/mol. The van der Waals surface area contributed by atoms with Crippen molar-refractivity contribution in [3.8, 4) is 0 Å². The number of halogens is 1. The Morgan fingerprint density at radius 2 is 1.08 bits per heavy atom. The van der Waals surface area contributed by atoms with Crippen LogP contribution in [0.3, 0.4) is 0 Å². The van der Waals surface area contributed by atoms with Gasteiger partial charge in [0.05, 0.1) is 0 Å². The molecule has 0 nitrogen and oxygen atoms in total. The Hall–Kier alpha value is -1.34. The number of hydrogen-bond donors (Lipinski definition) is 0. The summed E-state index contributed by atoms with van der Waals surface area (Å²) >= 11 is 6.22. The van der Waals surface area contributed by atoms with Crippen LogP contribution < -0.4 is 15.9 Å². The van der Waals surface area contributed by atoms with Crippen molar-refractivity contribution in [2.24, 2.45) is 0 Å². The van der Waals surface area contributed by atoms with Crippen LogP contribution in [0.15, 0.2) is 102 Å². The molecule has 25 heavy (non-hydrogen) atoms. The molecule has 0 radical (unpaired) electrons. The molecule has 128 valence electrons. The minimum absolute atomic E-state index is 1.06. The summed E-state index contributed by atoms with van der Waals surface area (Å²) in [5.41, 5.74) is 0. The van der Waals surface area contributed by atoms with Crippen LogP contribution in [0.4, 0.5) is 0 Å². The van der Waals surface area contributed by atoms with Crippen molar-refractivity contribution >= 4 is 48.5 Å². The Balaban J connectivity index is 2.40. The first-order valence-electron chi connectivity index (χ1n) is 8.39. The van der Waals surface area contributed by atoms with Gasteiger partial charge in [0.15, 0.2) is 0 Å². The molecule has 0 heterocycles. The molecule has 0 atom stereocenters. The van der Waals surface area contributed by atoms with Gasteiger partial charge in [0.25, 0.3) is 0 Å². The summed E-state index contributed by atoms with van der Waals surface area (Å²) in [6.07, 6.45) is 0. The predicted octanol–water partition coefficient (Wildman–Crippen LogP) is 6.05. The van der Waals surface area contributed by atoms with Gasteiger partial charge in [-0.25, -0.2) is 0 Å². The molecule has 0 aliphatic carbocycles. The molecule has 3 rings (SSSR count). The molecule has 0 bridgehead atoms. The van der Waals surface area contributed by atoms with E-state index >= 15 is 0 Å². The average molecular weight is 429 g/mol. The third-order valence-electron chi connectivity index (χ3n) is 4.39. The second kappa shape index (κ2) is 7.91. The van der Waals surface area contributed by atoms with Crippen LogP contribution in [0, 0.1) is 0 Å². The number of hydrogen-bond acceptors (Lipinski definition) is 1. The molecule has 3 aromatic carbocycles. The summed E-state index contributed by atoms with van der Waals surface area (Å²) in [4.78, 5) is 0. The first kappa shape index (κ1) is 18.5. The number of rotatable bonds is 6. The molecule has 0 N–H and O–H groups in total. The molecule has 0 aromatic heterocycles. The van der Waals surface area contributed by atoms with E-state index in [1.54, 1.807) is 0 Å². The van der Waals surface area contributed by atoms with E-state index in [9.17, 15) is 0 Å². The normalized spacial score (nSPS) is 13.4. The van der Waals surface area contributed by atoms with Crippen molar-refractivity contribution in [3.63, 3.8) is 0 Å². The van der Waals surface area contributed by atoms with Gasteiger partial charge in [0, 0.05) is 0 Å². The Morgan fingerprint density at radius 1 is 0.720 bits per heavy atom. The fraction of sp³-hybridized carbons (Fsp3) is 0.0909. The molecule has 0 saturated carbocycles. The fourth-order valence-electron chi connectivity index (χ4n) is 3.12. The summed E-state index contributed by atoms with van der Waals surface area (Å²) in [5.74, 6) is 3.48. The van der Waals surface area contributed by atoms with Gasteiger partial charge in [0.2, 0.25) is 0 Å². The molecule has 3 aromatic rings. The van der Waals surface area contributed by atoms with Crippen molar-refractivity contribution in [1.82, 2.24) is 0 Å². The van der Waals surface area contributed by atoms with E-state index in [4.69, 9.17) is 0 Å². The van der Waals surface area contributed by atoms with Crippen LogP contribution in [-0.4, -0.2) is 5.75 Å². The maximum atomic E-state index is 4.38. The van der Waals surface area contributed by atoms with E-state index in [-0.39, 0.29) is 0 Å². The summed E-state index contributed by atoms with van der Waals surface area (Å²) in [6, 6.07) is 32.5.